The third-order valence-corrected chi connectivity index (χ3v) is 3.49. The third kappa shape index (κ3) is 3.27. The van der Waals surface area contributed by atoms with Crippen molar-refractivity contribution in [3.63, 3.8) is 0 Å². The summed E-state index contributed by atoms with van der Waals surface area (Å²) in [5.41, 5.74) is 0.550. The molecule has 0 radical (unpaired) electrons. The summed E-state index contributed by atoms with van der Waals surface area (Å²) < 4.78 is 0. The summed E-state index contributed by atoms with van der Waals surface area (Å²) in [7, 11) is 4.49. The Kier molecular flexibility index (Phi) is 6.43. The molecule has 14 heavy (non-hydrogen) atoms. The molecule has 1 heteroatoms. The van der Waals surface area contributed by atoms with E-state index >= 15 is 0 Å². The highest BCUT2D eigenvalue weighted by Gasteiger charge is 2.37. The van der Waals surface area contributed by atoms with E-state index in [1.165, 1.54) is 32.1 Å². The molecule has 1 nitrogen and oxygen atoms in total. The smallest absolute Gasteiger partial charge is 0.0206 e. The molecule has 2 unspecified atom stereocenters. The molecule has 1 fully saturated rings. The van der Waals surface area contributed by atoms with Crippen LogP contribution in [0.5, 0.6) is 0 Å². The Bertz CT molecular complexity index is 138. The van der Waals surface area contributed by atoms with Crippen LogP contribution in [0.25, 0.3) is 0 Å². The molecule has 1 aliphatic rings. The van der Waals surface area contributed by atoms with Crippen LogP contribution in [-0.2, 0) is 0 Å². The van der Waals surface area contributed by atoms with Crippen LogP contribution in [0.3, 0.4) is 0 Å². The first-order valence-corrected chi connectivity index (χ1v) is 6.28. The quantitative estimate of drug-likeness (QED) is 0.665. The van der Waals surface area contributed by atoms with Gasteiger partial charge in [0.15, 0.2) is 0 Å². The zero-order valence-corrected chi connectivity index (χ0v) is 11.1. The molecule has 0 heterocycles. The first-order chi connectivity index (χ1) is 6.60. The number of nitrogens with zero attached hydrogens (tertiary/aromatic N) is 1. The summed E-state index contributed by atoms with van der Waals surface area (Å²) in [6, 6.07) is 0. The first kappa shape index (κ1) is 14.0. The van der Waals surface area contributed by atoms with Crippen molar-refractivity contribution in [1.82, 2.24) is 4.90 Å². The lowest BCUT2D eigenvalue weighted by atomic mass is 9.89. The predicted octanol–water partition coefficient (Wildman–Crippen LogP) is 3.93. The number of hydrogen-bond donors (Lipinski definition) is 0. The second-order valence-corrected chi connectivity index (χ2v) is 4.72. The molecule has 0 bridgehead atoms. The van der Waals surface area contributed by atoms with Gasteiger partial charge >= 0.3 is 0 Å². The van der Waals surface area contributed by atoms with Crippen molar-refractivity contribution >= 4 is 0 Å². The highest BCUT2D eigenvalue weighted by Crippen LogP contribution is 2.40. The van der Waals surface area contributed by atoms with Crippen molar-refractivity contribution < 1.29 is 0 Å². The van der Waals surface area contributed by atoms with Gasteiger partial charge in [0, 0.05) is 5.54 Å². The maximum absolute atomic E-state index is 2.46. The molecular formula is C13H29N. The van der Waals surface area contributed by atoms with Crippen molar-refractivity contribution in [2.24, 2.45) is 5.92 Å². The zero-order valence-electron chi connectivity index (χ0n) is 11.1. The Morgan fingerprint density at radius 1 is 1.29 bits per heavy atom. The van der Waals surface area contributed by atoms with E-state index in [2.05, 4.69) is 32.8 Å². The van der Waals surface area contributed by atoms with Gasteiger partial charge in [-0.15, -0.1) is 0 Å². The highest BCUT2D eigenvalue weighted by molar-refractivity contribution is 4.94. The average molecular weight is 199 g/mol. The van der Waals surface area contributed by atoms with Crippen molar-refractivity contribution in [3.05, 3.63) is 0 Å². The van der Waals surface area contributed by atoms with Crippen LogP contribution in [0.1, 0.15) is 59.8 Å². The second-order valence-electron chi connectivity index (χ2n) is 4.72. The summed E-state index contributed by atoms with van der Waals surface area (Å²) in [5.74, 6) is 0.943. The van der Waals surface area contributed by atoms with E-state index in [9.17, 15) is 0 Å². The summed E-state index contributed by atoms with van der Waals surface area (Å²) in [6.07, 6.45) is 6.95. The fourth-order valence-electron chi connectivity index (χ4n) is 2.69. The fourth-order valence-corrected chi connectivity index (χ4v) is 2.69. The van der Waals surface area contributed by atoms with E-state index in [0.29, 0.717) is 5.54 Å². The molecular weight excluding hydrogens is 170 g/mol. The minimum Gasteiger partial charge on any atom is -0.304 e. The molecule has 86 valence electrons. The first-order valence-electron chi connectivity index (χ1n) is 6.28. The van der Waals surface area contributed by atoms with E-state index in [0.717, 1.165) is 5.92 Å². The lowest BCUT2D eigenvalue weighted by Crippen LogP contribution is -2.41. The Morgan fingerprint density at radius 3 is 2.14 bits per heavy atom. The molecule has 1 rings (SSSR count). The predicted molar refractivity (Wildman–Crippen MR) is 65.7 cm³/mol. The maximum Gasteiger partial charge on any atom is 0.0206 e. The van der Waals surface area contributed by atoms with E-state index in [4.69, 9.17) is 0 Å². The standard InChI is InChI=1S/C11H23N.C2H6/c1-5-7-11(12(3)4)8-6-10(2)9-11;1-2/h10H,5-9H2,1-4H3;1-2H3. The topological polar surface area (TPSA) is 3.24 Å². The highest BCUT2D eigenvalue weighted by atomic mass is 15.1. The molecule has 1 saturated carbocycles. The van der Waals surface area contributed by atoms with Crippen LogP contribution in [0.2, 0.25) is 0 Å². The maximum atomic E-state index is 2.46. The average Bonchev–Trinajstić information content (AvgIpc) is 2.53. The minimum atomic E-state index is 0.550. The molecule has 2 atom stereocenters. The van der Waals surface area contributed by atoms with Crippen molar-refractivity contribution in [1.29, 1.82) is 0 Å². The molecule has 0 N–H and O–H groups in total. The van der Waals surface area contributed by atoms with Crippen LogP contribution in [0.4, 0.5) is 0 Å². The molecule has 0 spiro atoms. The largest absolute Gasteiger partial charge is 0.304 e. The van der Waals surface area contributed by atoms with Gasteiger partial charge in [0.2, 0.25) is 0 Å². The summed E-state index contributed by atoms with van der Waals surface area (Å²) in [6.45, 7) is 8.69. The van der Waals surface area contributed by atoms with E-state index in [-0.39, 0.29) is 0 Å². The molecule has 1 aliphatic carbocycles. The van der Waals surface area contributed by atoms with Crippen molar-refractivity contribution in [2.45, 2.75) is 65.3 Å². The lowest BCUT2D eigenvalue weighted by Gasteiger charge is -2.36. The van der Waals surface area contributed by atoms with Crippen LogP contribution < -0.4 is 0 Å². The van der Waals surface area contributed by atoms with Crippen LogP contribution in [0.15, 0.2) is 0 Å². The van der Waals surface area contributed by atoms with Gasteiger partial charge in [-0.3, -0.25) is 0 Å². The van der Waals surface area contributed by atoms with Gasteiger partial charge in [0.05, 0.1) is 0 Å². The van der Waals surface area contributed by atoms with Gasteiger partial charge in [0.25, 0.3) is 0 Å². The normalized spacial score (nSPS) is 31.5. The summed E-state index contributed by atoms with van der Waals surface area (Å²) in [4.78, 5) is 2.46. The van der Waals surface area contributed by atoms with Gasteiger partial charge in [0.1, 0.15) is 0 Å². The molecule has 0 aromatic carbocycles. The minimum absolute atomic E-state index is 0.550. The summed E-state index contributed by atoms with van der Waals surface area (Å²) in [5, 5.41) is 0. The van der Waals surface area contributed by atoms with Gasteiger partial charge in [-0.05, 0) is 45.7 Å². The Balaban J connectivity index is 0.000000791. The molecule has 0 aromatic rings. The van der Waals surface area contributed by atoms with Crippen molar-refractivity contribution in [3.8, 4) is 0 Å². The molecule has 0 saturated heterocycles. The zero-order chi connectivity index (χ0) is 11.2. The van der Waals surface area contributed by atoms with Crippen LogP contribution >= 0.6 is 0 Å². The third-order valence-electron chi connectivity index (χ3n) is 3.49. The van der Waals surface area contributed by atoms with Gasteiger partial charge in [-0.25, -0.2) is 0 Å². The molecule has 0 amide bonds. The SMILES string of the molecule is CC.CCCC1(N(C)C)CCC(C)C1. The fraction of sp³-hybridized carbons (Fsp3) is 1.00. The van der Waals surface area contributed by atoms with Gasteiger partial charge in [-0.1, -0.05) is 34.1 Å². The Hall–Kier alpha value is -0.0400. The van der Waals surface area contributed by atoms with Gasteiger partial charge < -0.3 is 4.90 Å². The van der Waals surface area contributed by atoms with E-state index in [1.807, 2.05) is 13.8 Å². The second kappa shape index (κ2) is 6.44. The van der Waals surface area contributed by atoms with Gasteiger partial charge in [-0.2, -0.15) is 0 Å². The lowest BCUT2D eigenvalue weighted by molar-refractivity contribution is 0.140. The van der Waals surface area contributed by atoms with Crippen LogP contribution in [0, 0.1) is 5.92 Å². The van der Waals surface area contributed by atoms with Crippen LogP contribution in [-0.4, -0.2) is 24.5 Å². The van der Waals surface area contributed by atoms with Crippen molar-refractivity contribution in [2.75, 3.05) is 14.1 Å². The molecule has 0 aliphatic heterocycles. The summed E-state index contributed by atoms with van der Waals surface area (Å²) >= 11 is 0. The number of rotatable bonds is 3. The monoisotopic (exact) mass is 199 g/mol. The number of hydrogen-bond acceptors (Lipinski definition) is 1. The Morgan fingerprint density at radius 2 is 1.86 bits per heavy atom. The van der Waals surface area contributed by atoms with E-state index < -0.39 is 0 Å². The molecule has 0 aromatic heterocycles. The Labute approximate surface area is 90.9 Å². The van der Waals surface area contributed by atoms with E-state index in [1.54, 1.807) is 0 Å².